The minimum absolute atomic E-state index is 0.00466. The molecular weight excluding hydrogens is 244 g/mol. The fourth-order valence-electron chi connectivity index (χ4n) is 1.73. The molecule has 19 heavy (non-hydrogen) atoms. The molecule has 106 valence electrons. The predicted molar refractivity (Wildman–Crippen MR) is 73.2 cm³/mol. The first-order valence-electron chi connectivity index (χ1n) is 6.42. The smallest absolute Gasteiger partial charge is 0.337 e. The Labute approximate surface area is 114 Å². The average Bonchev–Trinajstić information content (AvgIpc) is 2.33. The minimum Gasteiger partial charge on any atom is -0.479 e. The van der Waals surface area contributed by atoms with E-state index in [1.807, 2.05) is 12.1 Å². The second-order valence-corrected chi connectivity index (χ2v) is 5.54. The quantitative estimate of drug-likeness (QED) is 0.776. The summed E-state index contributed by atoms with van der Waals surface area (Å²) in [4.78, 5) is 11.2. The zero-order valence-corrected chi connectivity index (χ0v) is 11.7. The SMILES string of the molecule is CC(C)(C)c1ccc(C(OCCCO)C(=O)O)cc1. The number of aliphatic carboxylic acids is 1. The molecule has 4 nitrogen and oxygen atoms in total. The summed E-state index contributed by atoms with van der Waals surface area (Å²) in [6, 6.07) is 7.44. The molecule has 1 atom stereocenters. The highest BCUT2D eigenvalue weighted by atomic mass is 16.5. The number of hydrogen-bond donors (Lipinski definition) is 2. The Morgan fingerprint density at radius 3 is 2.26 bits per heavy atom. The van der Waals surface area contributed by atoms with Gasteiger partial charge >= 0.3 is 5.97 Å². The van der Waals surface area contributed by atoms with Crippen molar-refractivity contribution in [3.05, 3.63) is 35.4 Å². The van der Waals surface area contributed by atoms with Crippen molar-refractivity contribution in [3.63, 3.8) is 0 Å². The number of ether oxygens (including phenoxy) is 1. The summed E-state index contributed by atoms with van der Waals surface area (Å²) in [6.45, 7) is 6.54. The van der Waals surface area contributed by atoms with Crippen LogP contribution in [0.4, 0.5) is 0 Å². The van der Waals surface area contributed by atoms with E-state index >= 15 is 0 Å². The van der Waals surface area contributed by atoms with Gasteiger partial charge in [-0.1, -0.05) is 45.0 Å². The first-order chi connectivity index (χ1) is 8.86. The highest BCUT2D eigenvalue weighted by Gasteiger charge is 2.21. The number of aliphatic hydroxyl groups excluding tert-OH is 1. The Bertz CT molecular complexity index is 403. The van der Waals surface area contributed by atoms with Crippen molar-refractivity contribution in [2.75, 3.05) is 13.2 Å². The molecule has 0 heterocycles. The van der Waals surface area contributed by atoms with Gasteiger partial charge in [-0.3, -0.25) is 0 Å². The maximum Gasteiger partial charge on any atom is 0.337 e. The number of benzene rings is 1. The largest absolute Gasteiger partial charge is 0.479 e. The first-order valence-corrected chi connectivity index (χ1v) is 6.42. The van der Waals surface area contributed by atoms with Gasteiger partial charge in [0, 0.05) is 6.61 Å². The molecule has 0 radical (unpaired) electrons. The molecule has 0 amide bonds. The van der Waals surface area contributed by atoms with Gasteiger partial charge in [0.15, 0.2) is 6.10 Å². The molecule has 1 unspecified atom stereocenters. The van der Waals surface area contributed by atoms with E-state index in [4.69, 9.17) is 14.9 Å². The van der Waals surface area contributed by atoms with E-state index < -0.39 is 12.1 Å². The van der Waals surface area contributed by atoms with Crippen molar-refractivity contribution in [3.8, 4) is 0 Å². The summed E-state index contributed by atoms with van der Waals surface area (Å²) in [7, 11) is 0. The van der Waals surface area contributed by atoms with Crippen molar-refractivity contribution in [1.82, 2.24) is 0 Å². The lowest BCUT2D eigenvalue weighted by Gasteiger charge is -2.20. The molecule has 0 aromatic heterocycles. The maximum absolute atomic E-state index is 11.2. The molecule has 0 aliphatic carbocycles. The van der Waals surface area contributed by atoms with Gasteiger partial charge < -0.3 is 14.9 Å². The van der Waals surface area contributed by atoms with Gasteiger partial charge in [0.05, 0.1) is 6.61 Å². The highest BCUT2D eigenvalue weighted by molar-refractivity contribution is 5.74. The van der Waals surface area contributed by atoms with Gasteiger partial charge in [-0.2, -0.15) is 0 Å². The molecule has 0 saturated carbocycles. The fourth-order valence-corrected chi connectivity index (χ4v) is 1.73. The van der Waals surface area contributed by atoms with E-state index in [-0.39, 0.29) is 18.6 Å². The number of carbonyl (C=O) groups is 1. The third-order valence-electron chi connectivity index (χ3n) is 2.89. The summed E-state index contributed by atoms with van der Waals surface area (Å²) in [5.41, 5.74) is 1.81. The van der Waals surface area contributed by atoms with Gasteiger partial charge in [0.25, 0.3) is 0 Å². The van der Waals surface area contributed by atoms with Crippen molar-refractivity contribution in [2.45, 2.75) is 38.7 Å². The molecule has 0 saturated heterocycles. The van der Waals surface area contributed by atoms with E-state index in [1.165, 1.54) is 0 Å². The minimum atomic E-state index is -1.01. The lowest BCUT2D eigenvalue weighted by molar-refractivity contribution is -0.151. The average molecular weight is 266 g/mol. The summed E-state index contributed by atoms with van der Waals surface area (Å²) >= 11 is 0. The van der Waals surface area contributed by atoms with E-state index in [0.29, 0.717) is 12.0 Å². The van der Waals surface area contributed by atoms with Crippen LogP contribution in [0.15, 0.2) is 24.3 Å². The van der Waals surface area contributed by atoms with Gasteiger partial charge in [-0.15, -0.1) is 0 Å². The molecule has 0 aliphatic rings. The number of carboxylic acid groups (broad SMARTS) is 1. The maximum atomic E-state index is 11.2. The van der Waals surface area contributed by atoms with Crippen LogP contribution in [0.25, 0.3) is 0 Å². The third kappa shape index (κ3) is 4.65. The topological polar surface area (TPSA) is 66.8 Å². The van der Waals surface area contributed by atoms with Gasteiger partial charge in [0.1, 0.15) is 0 Å². The summed E-state index contributed by atoms with van der Waals surface area (Å²) < 4.78 is 5.30. The third-order valence-corrected chi connectivity index (χ3v) is 2.89. The standard InChI is InChI=1S/C15H22O4/c1-15(2,3)12-7-5-11(6-8-12)13(14(17)18)19-10-4-9-16/h5-8,13,16H,4,9-10H2,1-3H3,(H,17,18). The van der Waals surface area contributed by atoms with E-state index in [0.717, 1.165) is 5.56 Å². The summed E-state index contributed by atoms with van der Waals surface area (Å²) in [5.74, 6) is -1.01. The Morgan fingerprint density at radius 2 is 1.84 bits per heavy atom. The summed E-state index contributed by atoms with van der Waals surface area (Å²) in [5, 5.41) is 17.9. The van der Waals surface area contributed by atoms with Crippen LogP contribution in [-0.4, -0.2) is 29.4 Å². The van der Waals surface area contributed by atoms with Crippen LogP contribution >= 0.6 is 0 Å². The molecule has 2 N–H and O–H groups in total. The Kier molecular flexibility index (Phi) is 5.51. The molecule has 0 fully saturated rings. The second kappa shape index (κ2) is 6.68. The zero-order chi connectivity index (χ0) is 14.5. The van der Waals surface area contributed by atoms with E-state index in [9.17, 15) is 4.79 Å². The van der Waals surface area contributed by atoms with Gasteiger partial charge in [-0.05, 0) is 23.0 Å². The number of aliphatic hydroxyl groups is 1. The molecule has 0 bridgehead atoms. The Balaban J connectivity index is 2.83. The van der Waals surface area contributed by atoms with Crippen LogP contribution in [0.3, 0.4) is 0 Å². The van der Waals surface area contributed by atoms with Crippen LogP contribution in [-0.2, 0) is 14.9 Å². The fraction of sp³-hybridized carbons (Fsp3) is 0.533. The van der Waals surface area contributed by atoms with Crippen molar-refractivity contribution in [1.29, 1.82) is 0 Å². The Hall–Kier alpha value is -1.39. The highest BCUT2D eigenvalue weighted by Crippen LogP contribution is 2.25. The monoisotopic (exact) mass is 266 g/mol. The van der Waals surface area contributed by atoms with Crippen molar-refractivity contribution >= 4 is 5.97 Å². The van der Waals surface area contributed by atoms with E-state index in [1.54, 1.807) is 12.1 Å². The van der Waals surface area contributed by atoms with E-state index in [2.05, 4.69) is 20.8 Å². The van der Waals surface area contributed by atoms with Gasteiger partial charge in [0.2, 0.25) is 0 Å². The van der Waals surface area contributed by atoms with Gasteiger partial charge in [-0.25, -0.2) is 4.79 Å². The predicted octanol–water partition coefficient (Wildman–Crippen LogP) is 2.51. The van der Waals surface area contributed by atoms with Crippen molar-refractivity contribution < 1.29 is 19.7 Å². The first kappa shape index (κ1) is 15.7. The number of rotatable bonds is 6. The molecule has 1 aromatic carbocycles. The van der Waals surface area contributed by atoms with Crippen LogP contribution in [0.5, 0.6) is 0 Å². The Morgan fingerprint density at radius 1 is 1.26 bits per heavy atom. The molecule has 0 aliphatic heterocycles. The lowest BCUT2D eigenvalue weighted by atomic mass is 9.86. The lowest BCUT2D eigenvalue weighted by Crippen LogP contribution is -2.17. The second-order valence-electron chi connectivity index (χ2n) is 5.54. The normalized spacial score (nSPS) is 13.3. The van der Waals surface area contributed by atoms with Crippen molar-refractivity contribution in [2.24, 2.45) is 0 Å². The summed E-state index contributed by atoms with van der Waals surface area (Å²) in [6.07, 6.45) is -0.537. The molecule has 4 heteroatoms. The van der Waals surface area contributed by atoms with Crippen LogP contribution < -0.4 is 0 Å². The molecule has 1 rings (SSSR count). The van der Waals surface area contributed by atoms with Crippen LogP contribution in [0, 0.1) is 0 Å². The zero-order valence-electron chi connectivity index (χ0n) is 11.7. The molecule has 1 aromatic rings. The molecule has 0 spiro atoms. The van der Waals surface area contributed by atoms with Crippen LogP contribution in [0.1, 0.15) is 44.4 Å². The number of hydrogen-bond acceptors (Lipinski definition) is 3. The molecular formula is C15H22O4. The number of carboxylic acids is 1. The van der Waals surface area contributed by atoms with Crippen LogP contribution in [0.2, 0.25) is 0 Å².